The van der Waals surface area contributed by atoms with Gasteiger partial charge in [-0.1, -0.05) is 0 Å². The van der Waals surface area contributed by atoms with Crippen molar-refractivity contribution >= 4 is 0 Å². The SMILES string of the molecule is CN(C=C(C#N)C#N)C(C)(C)CO. The molecule has 0 rings (SSSR count). The summed E-state index contributed by atoms with van der Waals surface area (Å²) in [5, 5.41) is 26.0. The molecule has 0 heterocycles. The summed E-state index contributed by atoms with van der Waals surface area (Å²) >= 11 is 0. The Bertz CT molecular complexity index is 264. The van der Waals surface area contributed by atoms with Crippen molar-refractivity contribution in [2.75, 3.05) is 13.7 Å². The highest BCUT2D eigenvalue weighted by atomic mass is 16.3. The summed E-state index contributed by atoms with van der Waals surface area (Å²) in [4.78, 5) is 1.65. The van der Waals surface area contributed by atoms with Crippen LogP contribution in [0.3, 0.4) is 0 Å². The second-order valence-corrected chi connectivity index (χ2v) is 3.35. The van der Waals surface area contributed by atoms with E-state index >= 15 is 0 Å². The predicted octanol–water partition coefficient (Wildman–Crippen LogP) is 0.620. The lowest BCUT2D eigenvalue weighted by atomic mass is 10.1. The van der Waals surface area contributed by atoms with E-state index in [1.165, 1.54) is 6.20 Å². The van der Waals surface area contributed by atoms with E-state index in [4.69, 9.17) is 15.6 Å². The van der Waals surface area contributed by atoms with Crippen LogP contribution in [0.1, 0.15) is 13.8 Å². The molecule has 0 aliphatic carbocycles. The first kappa shape index (κ1) is 11.5. The third kappa shape index (κ3) is 3.14. The van der Waals surface area contributed by atoms with Gasteiger partial charge in [-0.25, -0.2) is 0 Å². The Balaban J connectivity index is 4.67. The molecule has 0 amide bonds. The molecule has 1 N–H and O–H groups in total. The summed E-state index contributed by atoms with van der Waals surface area (Å²) in [6, 6.07) is 3.51. The van der Waals surface area contributed by atoms with Crippen LogP contribution in [0.25, 0.3) is 0 Å². The van der Waals surface area contributed by atoms with Crippen LogP contribution in [-0.2, 0) is 0 Å². The maximum absolute atomic E-state index is 8.99. The van der Waals surface area contributed by atoms with E-state index in [1.807, 2.05) is 13.8 Å². The van der Waals surface area contributed by atoms with E-state index in [0.29, 0.717) is 0 Å². The van der Waals surface area contributed by atoms with Gasteiger partial charge in [-0.05, 0) is 13.8 Å². The number of nitrogens with zero attached hydrogens (tertiary/aromatic N) is 3. The summed E-state index contributed by atoms with van der Waals surface area (Å²) in [6.45, 7) is 3.59. The van der Waals surface area contributed by atoms with Crippen molar-refractivity contribution in [3.05, 3.63) is 11.8 Å². The van der Waals surface area contributed by atoms with Gasteiger partial charge in [0, 0.05) is 13.2 Å². The number of nitriles is 2. The fourth-order valence-corrected chi connectivity index (χ4v) is 0.563. The standard InChI is InChI=1S/C9H13N3O/c1-9(2,7-13)12(3)6-8(4-10)5-11/h6,13H,7H2,1-3H3. The van der Waals surface area contributed by atoms with Crippen LogP contribution in [0.4, 0.5) is 0 Å². The Labute approximate surface area is 78.3 Å². The number of hydrogen-bond donors (Lipinski definition) is 1. The number of aliphatic hydroxyl groups excluding tert-OH is 1. The highest BCUT2D eigenvalue weighted by Crippen LogP contribution is 2.12. The minimum absolute atomic E-state index is 0.0315. The molecule has 0 aromatic rings. The molecule has 0 saturated heterocycles. The van der Waals surface area contributed by atoms with E-state index in [2.05, 4.69) is 0 Å². The van der Waals surface area contributed by atoms with Crippen molar-refractivity contribution in [2.45, 2.75) is 19.4 Å². The van der Waals surface area contributed by atoms with Gasteiger partial charge < -0.3 is 10.0 Å². The van der Waals surface area contributed by atoms with E-state index in [9.17, 15) is 0 Å². The van der Waals surface area contributed by atoms with Crippen molar-refractivity contribution in [1.29, 1.82) is 10.5 Å². The third-order valence-electron chi connectivity index (χ3n) is 1.91. The predicted molar refractivity (Wildman–Crippen MR) is 48.2 cm³/mol. The van der Waals surface area contributed by atoms with Gasteiger partial charge in [-0.3, -0.25) is 0 Å². The Morgan fingerprint density at radius 3 is 2.23 bits per heavy atom. The molecule has 0 saturated carbocycles. The van der Waals surface area contributed by atoms with E-state index in [0.717, 1.165) is 0 Å². The smallest absolute Gasteiger partial charge is 0.145 e. The van der Waals surface area contributed by atoms with Gasteiger partial charge in [-0.15, -0.1) is 0 Å². The van der Waals surface area contributed by atoms with Crippen LogP contribution in [0.2, 0.25) is 0 Å². The fraction of sp³-hybridized carbons (Fsp3) is 0.556. The molecule has 0 aliphatic heterocycles. The number of aliphatic hydroxyl groups is 1. The quantitative estimate of drug-likeness (QED) is 0.645. The Morgan fingerprint density at radius 1 is 1.46 bits per heavy atom. The number of hydrogen-bond acceptors (Lipinski definition) is 4. The lowest BCUT2D eigenvalue weighted by molar-refractivity contribution is 0.115. The fourth-order valence-electron chi connectivity index (χ4n) is 0.563. The van der Waals surface area contributed by atoms with Gasteiger partial charge >= 0.3 is 0 Å². The Morgan fingerprint density at radius 2 is 1.92 bits per heavy atom. The van der Waals surface area contributed by atoms with Crippen LogP contribution in [0.15, 0.2) is 11.8 Å². The lowest BCUT2D eigenvalue weighted by Crippen LogP contribution is -2.40. The minimum atomic E-state index is -0.459. The molecule has 0 atom stereocenters. The van der Waals surface area contributed by atoms with Crippen LogP contribution in [-0.4, -0.2) is 29.2 Å². The molecule has 0 fully saturated rings. The molecular formula is C9H13N3O. The summed E-state index contributed by atoms with van der Waals surface area (Å²) in [5.41, 5.74) is -0.428. The number of rotatable bonds is 3. The second kappa shape index (κ2) is 4.49. The molecule has 4 nitrogen and oxygen atoms in total. The Kier molecular flexibility index (Phi) is 3.97. The monoisotopic (exact) mass is 179 g/mol. The molecule has 4 heteroatoms. The first-order chi connectivity index (χ1) is 5.97. The maximum atomic E-state index is 8.99. The van der Waals surface area contributed by atoms with Crippen LogP contribution in [0, 0.1) is 22.7 Å². The normalized spacial score (nSPS) is 9.69. The molecule has 13 heavy (non-hydrogen) atoms. The van der Waals surface area contributed by atoms with Crippen molar-refractivity contribution < 1.29 is 5.11 Å². The van der Waals surface area contributed by atoms with Crippen molar-refractivity contribution in [3.8, 4) is 12.1 Å². The van der Waals surface area contributed by atoms with Crippen LogP contribution in [0.5, 0.6) is 0 Å². The zero-order chi connectivity index (χ0) is 10.5. The van der Waals surface area contributed by atoms with Crippen molar-refractivity contribution in [3.63, 3.8) is 0 Å². The topological polar surface area (TPSA) is 71.0 Å². The molecule has 0 radical (unpaired) electrons. The molecule has 0 bridgehead atoms. The van der Waals surface area contributed by atoms with Crippen LogP contribution < -0.4 is 0 Å². The van der Waals surface area contributed by atoms with Crippen LogP contribution >= 0.6 is 0 Å². The van der Waals surface area contributed by atoms with Crippen molar-refractivity contribution in [1.82, 2.24) is 4.90 Å². The van der Waals surface area contributed by atoms with E-state index < -0.39 is 5.54 Å². The summed E-state index contributed by atoms with van der Waals surface area (Å²) in [7, 11) is 1.71. The molecule has 70 valence electrons. The average Bonchev–Trinajstić information content (AvgIpc) is 2.13. The highest BCUT2D eigenvalue weighted by Gasteiger charge is 2.20. The lowest BCUT2D eigenvalue weighted by Gasteiger charge is -2.32. The molecule has 0 aromatic heterocycles. The van der Waals surface area contributed by atoms with Gasteiger partial charge in [0.2, 0.25) is 0 Å². The molecule has 0 unspecified atom stereocenters. The summed E-state index contributed by atoms with van der Waals surface area (Å²) in [5.74, 6) is 0. The Hall–Kier alpha value is -1.52. The first-order valence-corrected chi connectivity index (χ1v) is 3.83. The first-order valence-electron chi connectivity index (χ1n) is 3.83. The molecule has 0 spiro atoms. The van der Waals surface area contributed by atoms with Gasteiger partial charge in [-0.2, -0.15) is 10.5 Å². The molecule has 0 aromatic carbocycles. The highest BCUT2D eigenvalue weighted by molar-refractivity contribution is 5.34. The average molecular weight is 179 g/mol. The van der Waals surface area contributed by atoms with Gasteiger partial charge in [0.25, 0.3) is 0 Å². The van der Waals surface area contributed by atoms with E-state index in [1.54, 1.807) is 24.1 Å². The molecular weight excluding hydrogens is 166 g/mol. The van der Waals surface area contributed by atoms with Gasteiger partial charge in [0.15, 0.2) is 0 Å². The zero-order valence-electron chi connectivity index (χ0n) is 8.07. The summed E-state index contributed by atoms with van der Waals surface area (Å²) in [6.07, 6.45) is 1.43. The maximum Gasteiger partial charge on any atom is 0.145 e. The van der Waals surface area contributed by atoms with Gasteiger partial charge in [0.05, 0.1) is 12.1 Å². The third-order valence-corrected chi connectivity index (χ3v) is 1.91. The van der Waals surface area contributed by atoms with Crippen molar-refractivity contribution in [2.24, 2.45) is 0 Å². The van der Waals surface area contributed by atoms with Gasteiger partial charge in [0.1, 0.15) is 17.7 Å². The van der Waals surface area contributed by atoms with E-state index in [-0.39, 0.29) is 12.2 Å². The number of likely N-dealkylation sites (N-methyl/N-ethyl adjacent to an activating group) is 1. The minimum Gasteiger partial charge on any atom is -0.394 e. The second-order valence-electron chi connectivity index (χ2n) is 3.35. The summed E-state index contributed by atoms with van der Waals surface area (Å²) < 4.78 is 0. The zero-order valence-corrected chi connectivity index (χ0v) is 8.07. The largest absolute Gasteiger partial charge is 0.394 e. The number of allylic oxidation sites excluding steroid dienone is 1. The molecule has 0 aliphatic rings.